The minimum atomic E-state index is -0.816. The molecule has 0 bridgehead atoms. The normalized spacial score (nSPS) is 21.4. The number of nitrogens with zero attached hydrogens (tertiary/aromatic N) is 4. The van der Waals surface area contributed by atoms with E-state index in [0.29, 0.717) is 11.5 Å². The summed E-state index contributed by atoms with van der Waals surface area (Å²) in [6.45, 7) is 6.53. The number of aliphatic carboxylic acids is 1. The Bertz CT molecular complexity index is 524. The molecule has 2 fully saturated rings. The highest BCUT2D eigenvalue weighted by Crippen LogP contribution is 2.42. The number of hydrogen-bond acceptors (Lipinski definition) is 5. The number of carboxylic acids is 1. The zero-order chi connectivity index (χ0) is 14.3. The molecule has 3 rings (SSSR count). The quantitative estimate of drug-likeness (QED) is 0.838. The molecule has 0 aromatic carbocycles. The highest BCUT2D eigenvalue weighted by atomic mass is 32.2. The second-order valence-electron chi connectivity index (χ2n) is 6.40. The molecular formula is C13H20N4O2S. The van der Waals surface area contributed by atoms with Crippen molar-refractivity contribution in [1.82, 2.24) is 14.8 Å². The monoisotopic (exact) mass is 296 g/mol. The molecule has 1 aliphatic carbocycles. The van der Waals surface area contributed by atoms with Gasteiger partial charge in [-0.3, -0.25) is 9.36 Å². The molecule has 0 spiro atoms. The lowest BCUT2D eigenvalue weighted by atomic mass is 9.93. The molecule has 2 aliphatic rings. The number of rotatable bonds is 5. The molecule has 1 saturated heterocycles. The summed E-state index contributed by atoms with van der Waals surface area (Å²) in [4.78, 5) is 13.0. The van der Waals surface area contributed by atoms with E-state index >= 15 is 0 Å². The van der Waals surface area contributed by atoms with Gasteiger partial charge in [-0.1, -0.05) is 25.6 Å². The fraction of sp³-hybridized carbons (Fsp3) is 0.769. The van der Waals surface area contributed by atoms with Crippen molar-refractivity contribution in [3.8, 4) is 0 Å². The second kappa shape index (κ2) is 4.95. The topological polar surface area (TPSA) is 71.2 Å². The third kappa shape index (κ3) is 2.77. The Labute approximate surface area is 122 Å². The predicted octanol–water partition coefficient (Wildman–Crippen LogP) is 2.03. The largest absolute Gasteiger partial charge is 0.481 e. The van der Waals surface area contributed by atoms with Gasteiger partial charge in [0.15, 0.2) is 5.16 Å². The van der Waals surface area contributed by atoms with E-state index in [0.717, 1.165) is 43.5 Å². The molecule has 1 saturated carbocycles. The number of hydrogen-bond donors (Lipinski definition) is 1. The van der Waals surface area contributed by atoms with Crippen LogP contribution in [-0.2, 0) is 4.79 Å². The van der Waals surface area contributed by atoms with E-state index in [9.17, 15) is 4.79 Å². The van der Waals surface area contributed by atoms with Gasteiger partial charge in [0.2, 0.25) is 5.95 Å². The Morgan fingerprint density at radius 3 is 2.75 bits per heavy atom. The molecule has 7 heteroatoms. The van der Waals surface area contributed by atoms with Crippen LogP contribution in [0.15, 0.2) is 5.16 Å². The maximum absolute atomic E-state index is 10.7. The third-order valence-electron chi connectivity index (χ3n) is 3.84. The highest BCUT2D eigenvalue weighted by Gasteiger charge is 2.36. The van der Waals surface area contributed by atoms with Gasteiger partial charge in [0, 0.05) is 19.1 Å². The Hall–Kier alpha value is -1.24. The van der Waals surface area contributed by atoms with Crippen molar-refractivity contribution in [2.75, 3.05) is 23.7 Å². The van der Waals surface area contributed by atoms with E-state index in [4.69, 9.17) is 5.11 Å². The summed E-state index contributed by atoms with van der Waals surface area (Å²) in [5.41, 5.74) is 0.314. The van der Waals surface area contributed by atoms with Gasteiger partial charge in [-0.15, -0.1) is 10.2 Å². The van der Waals surface area contributed by atoms with Crippen molar-refractivity contribution >= 4 is 23.7 Å². The van der Waals surface area contributed by atoms with Crippen LogP contribution in [-0.4, -0.2) is 44.7 Å². The highest BCUT2D eigenvalue weighted by molar-refractivity contribution is 7.99. The van der Waals surface area contributed by atoms with Crippen molar-refractivity contribution in [2.45, 2.75) is 44.3 Å². The average molecular weight is 296 g/mol. The zero-order valence-corrected chi connectivity index (χ0v) is 12.7. The van der Waals surface area contributed by atoms with Crippen LogP contribution >= 0.6 is 11.8 Å². The molecule has 1 aliphatic heterocycles. The fourth-order valence-electron chi connectivity index (χ4n) is 2.65. The van der Waals surface area contributed by atoms with Gasteiger partial charge < -0.3 is 10.0 Å². The zero-order valence-electron chi connectivity index (χ0n) is 11.9. The molecule has 2 heterocycles. The van der Waals surface area contributed by atoms with Crippen LogP contribution in [0, 0.1) is 5.41 Å². The van der Waals surface area contributed by atoms with Crippen LogP contribution < -0.4 is 4.90 Å². The molecule has 110 valence electrons. The lowest BCUT2D eigenvalue weighted by molar-refractivity contribution is -0.133. The smallest absolute Gasteiger partial charge is 0.313 e. The fourth-order valence-corrected chi connectivity index (χ4v) is 3.37. The van der Waals surface area contributed by atoms with Gasteiger partial charge in [-0.05, 0) is 24.7 Å². The van der Waals surface area contributed by atoms with Crippen molar-refractivity contribution in [3.05, 3.63) is 0 Å². The first kappa shape index (κ1) is 13.7. The predicted molar refractivity (Wildman–Crippen MR) is 77.3 cm³/mol. The van der Waals surface area contributed by atoms with E-state index < -0.39 is 5.97 Å². The minimum absolute atomic E-state index is 0.0380. The summed E-state index contributed by atoms with van der Waals surface area (Å²) in [5.74, 6) is 0.145. The van der Waals surface area contributed by atoms with E-state index in [1.165, 1.54) is 11.8 Å². The summed E-state index contributed by atoms with van der Waals surface area (Å²) in [6, 6.07) is 0.458. The lowest BCUT2D eigenvalue weighted by Crippen LogP contribution is -2.25. The first-order valence-corrected chi connectivity index (χ1v) is 7.99. The molecule has 1 aromatic heterocycles. The number of carbonyl (C=O) groups is 1. The Morgan fingerprint density at radius 2 is 2.20 bits per heavy atom. The van der Waals surface area contributed by atoms with Crippen molar-refractivity contribution in [2.24, 2.45) is 5.41 Å². The van der Waals surface area contributed by atoms with Gasteiger partial charge in [0.25, 0.3) is 0 Å². The van der Waals surface area contributed by atoms with Crippen LogP contribution in [0.4, 0.5) is 5.95 Å². The number of carboxylic acid groups (broad SMARTS) is 1. The molecule has 1 aromatic rings. The SMILES string of the molecule is CC1(C)CCN(c2nnc(SCC(=O)O)n2C2CC2)C1. The van der Waals surface area contributed by atoms with Crippen molar-refractivity contribution in [1.29, 1.82) is 0 Å². The van der Waals surface area contributed by atoms with E-state index in [2.05, 4.69) is 33.5 Å². The summed E-state index contributed by atoms with van der Waals surface area (Å²) in [7, 11) is 0. The van der Waals surface area contributed by atoms with Crippen LogP contribution in [0.2, 0.25) is 0 Å². The Kier molecular flexibility index (Phi) is 3.40. The molecule has 0 unspecified atom stereocenters. The van der Waals surface area contributed by atoms with Crippen LogP contribution in [0.3, 0.4) is 0 Å². The first-order valence-electron chi connectivity index (χ1n) is 7.01. The van der Waals surface area contributed by atoms with Crippen molar-refractivity contribution < 1.29 is 9.90 Å². The number of thioether (sulfide) groups is 1. The summed E-state index contributed by atoms with van der Waals surface area (Å²) in [6.07, 6.45) is 3.44. The molecule has 20 heavy (non-hydrogen) atoms. The van der Waals surface area contributed by atoms with E-state index in [1.807, 2.05) is 0 Å². The Balaban J connectivity index is 1.82. The molecule has 6 nitrogen and oxygen atoms in total. The van der Waals surface area contributed by atoms with Crippen LogP contribution in [0.25, 0.3) is 0 Å². The maximum atomic E-state index is 10.7. The number of aromatic nitrogens is 3. The van der Waals surface area contributed by atoms with Crippen LogP contribution in [0.1, 0.15) is 39.2 Å². The van der Waals surface area contributed by atoms with Crippen molar-refractivity contribution in [3.63, 3.8) is 0 Å². The molecule has 1 N–H and O–H groups in total. The summed E-state index contributed by atoms with van der Waals surface area (Å²) >= 11 is 1.27. The van der Waals surface area contributed by atoms with Gasteiger partial charge >= 0.3 is 5.97 Å². The summed E-state index contributed by atoms with van der Waals surface area (Å²) < 4.78 is 2.15. The van der Waals surface area contributed by atoms with E-state index in [1.54, 1.807) is 0 Å². The molecular weight excluding hydrogens is 276 g/mol. The van der Waals surface area contributed by atoms with Gasteiger partial charge in [-0.2, -0.15) is 0 Å². The van der Waals surface area contributed by atoms with Gasteiger partial charge in [-0.25, -0.2) is 0 Å². The first-order chi connectivity index (χ1) is 9.46. The molecule has 0 radical (unpaired) electrons. The molecule has 0 amide bonds. The average Bonchev–Trinajstić information content (AvgIpc) is 3.01. The van der Waals surface area contributed by atoms with Gasteiger partial charge in [0.05, 0.1) is 5.75 Å². The van der Waals surface area contributed by atoms with E-state index in [-0.39, 0.29) is 5.75 Å². The maximum Gasteiger partial charge on any atom is 0.313 e. The van der Waals surface area contributed by atoms with Gasteiger partial charge in [0.1, 0.15) is 0 Å². The number of anilines is 1. The molecule has 0 atom stereocenters. The standard InChI is InChI=1S/C13H20N4O2S/c1-13(2)5-6-16(8-13)11-14-15-12(20-7-10(18)19)17(11)9-3-4-9/h9H,3-8H2,1-2H3,(H,18,19). The van der Waals surface area contributed by atoms with Crippen LogP contribution in [0.5, 0.6) is 0 Å². The Morgan fingerprint density at radius 1 is 1.45 bits per heavy atom. The summed E-state index contributed by atoms with van der Waals surface area (Å²) in [5, 5.41) is 18.1. The minimum Gasteiger partial charge on any atom is -0.481 e. The second-order valence-corrected chi connectivity index (χ2v) is 7.34. The third-order valence-corrected chi connectivity index (χ3v) is 4.77. The lowest BCUT2D eigenvalue weighted by Gasteiger charge is -2.21.